The van der Waals surface area contributed by atoms with E-state index in [0.717, 1.165) is 4.90 Å². The van der Waals surface area contributed by atoms with Crippen LogP contribution in [0.15, 0.2) is 24.3 Å². The zero-order chi connectivity index (χ0) is 12.4. The average molecular weight is 235 g/mol. The van der Waals surface area contributed by atoms with Gasteiger partial charge in [-0.05, 0) is 5.56 Å². The van der Waals surface area contributed by atoms with E-state index >= 15 is 0 Å². The van der Waals surface area contributed by atoms with Gasteiger partial charge in [-0.2, -0.15) is 0 Å². The molecule has 88 valence electrons. The minimum atomic E-state index is -0.502. The van der Waals surface area contributed by atoms with Crippen LogP contribution in [-0.4, -0.2) is 28.3 Å². The number of nitro groups is 1. The van der Waals surface area contributed by atoms with Crippen LogP contribution in [0.2, 0.25) is 0 Å². The maximum Gasteiger partial charge on any atom is 0.324 e. The monoisotopic (exact) mass is 235 g/mol. The maximum atomic E-state index is 11.3. The van der Waals surface area contributed by atoms with Crippen LogP contribution >= 0.6 is 0 Å². The van der Waals surface area contributed by atoms with Crippen LogP contribution in [0.5, 0.6) is 0 Å². The van der Waals surface area contributed by atoms with Gasteiger partial charge in [0.25, 0.3) is 5.69 Å². The molecule has 17 heavy (non-hydrogen) atoms. The van der Waals surface area contributed by atoms with Crippen LogP contribution in [0.1, 0.15) is 5.56 Å². The topological polar surface area (TPSA) is 92.6 Å². The Bertz CT molecular complexity index is 467. The van der Waals surface area contributed by atoms with Crippen LogP contribution in [0.4, 0.5) is 10.5 Å². The minimum absolute atomic E-state index is 0.00577. The molecule has 2 rings (SSSR count). The Kier molecular flexibility index (Phi) is 2.73. The van der Waals surface area contributed by atoms with Crippen molar-refractivity contribution in [3.05, 3.63) is 39.9 Å². The van der Waals surface area contributed by atoms with Gasteiger partial charge in [-0.15, -0.1) is 0 Å². The number of nitrogens with zero attached hydrogens (tertiary/aromatic N) is 2. The fourth-order valence-corrected chi connectivity index (χ4v) is 1.52. The largest absolute Gasteiger partial charge is 0.329 e. The zero-order valence-corrected chi connectivity index (χ0v) is 8.75. The van der Waals surface area contributed by atoms with Crippen molar-refractivity contribution in [1.29, 1.82) is 0 Å². The highest BCUT2D eigenvalue weighted by molar-refractivity contribution is 6.01. The Balaban J connectivity index is 2.11. The van der Waals surface area contributed by atoms with Gasteiger partial charge in [0.1, 0.15) is 0 Å². The van der Waals surface area contributed by atoms with E-state index in [0.29, 0.717) is 5.56 Å². The standard InChI is InChI=1S/C10H9N3O4/c14-9-5-11-10(15)12(9)6-7-1-3-8(4-2-7)13(16)17/h1-4H,5-6H2,(H,11,15). The smallest absolute Gasteiger partial charge is 0.324 e. The number of carbonyl (C=O) groups excluding carboxylic acids is 2. The van der Waals surface area contributed by atoms with Crippen molar-refractivity contribution in [3.63, 3.8) is 0 Å². The van der Waals surface area contributed by atoms with Gasteiger partial charge >= 0.3 is 6.03 Å². The molecule has 1 N–H and O–H groups in total. The highest BCUT2D eigenvalue weighted by Crippen LogP contribution is 2.14. The molecule has 1 aliphatic rings. The second kappa shape index (κ2) is 4.20. The summed E-state index contributed by atoms with van der Waals surface area (Å²) < 4.78 is 0. The maximum absolute atomic E-state index is 11.3. The van der Waals surface area contributed by atoms with Crippen molar-refractivity contribution < 1.29 is 14.5 Å². The Hall–Kier alpha value is -2.44. The molecule has 0 aliphatic carbocycles. The summed E-state index contributed by atoms with van der Waals surface area (Å²) in [7, 11) is 0. The number of urea groups is 1. The number of hydrogen-bond donors (Lipinski definition) is 1. The third kappa shape index (κ3) is 2.22. The molecule has 1 aromatic carbocycles. The summed E-state index contributed by atoms with van der Waals surface area (Å²) in [6.07, 6.45) is 0. The quantitative estimate of drug-likeness (QED) is 0.473. The summed E-state index contributed by atoms with van der Waals surface area (Å²) in [5.41, 5.74) is 0.645. The summed E-state index contributed by atoms with van der Waals surface area (Å²) >= 11 is 0. The lowest BCUT2D eigenvalue weighted by Crippen LogP contribution is -2.30. The minimum Gasteiger partial charge on any atom is -0.329 e. The van der Waals surface area contributed by atoms with Crippen LogP contribution in [0.25, 0.3) is 0 Å². The molecule has 0 radical (unpaired) electrons. The molecular formula is C10H9N3O4. The van der Waals surface area contributed by atoms with Gasteiger partial charge in [0, 0.05) is 12.1 Å². The molecule has 7 heteroatoms. The van der Waals surface area contributed by atoms with Crippen molar-refractivity contribution in [2.45, 2.75) is 6.54 Å². The molecule has 1 heterocycles. The lowest BCUT2D eigenvalue weighted by Gasteiger charge is -2.11. The number of nitro benzene ring substituents is 1. The van der Waals surface area contributed by atoms with Crippen molar-refractivity contribution in [2.75, 3.05) is 6.54 Å². The number of carbonyl (C=O) groups is 2. The molecule has 1 aliphatic heterocycles. The average Bonchev–Trinajstić information content (AvgIpc) is 2.61. The molecular weight excluding hydrogens is 226 g/mol. The second-order valence-electron chi connectivity index (χ2n) is 3.56. The van der Waals surface area contributed by atoms with Crippen LogP contribution < -0.4 is 5.32 Å². The van der Waals surface area contributed by atoms with Crippen molar-refractivity contribution in [3.8, 4) is 0 Å². The number of benzene rings is 1. The normalized spacial score (nSPS) is 14.9. The highest BCUT2D eigenvalue weighted by Gasteiger charge is 2.28. The highest BCUT2D eigenvalue weighted by atomic mass is 16.6. The first-order chi connectivity index (χ1) is 8.08. The molecule has 1 fully saturated rings. The Labute approximate surface area is 96.2 Å². The fourth-order valence-electron chi connectivity index (χ4n) is 1.52. The number of rotatable bonds is 3. The summed E-state index contributed by atoms with van der Waals surface area (Å²) in [4.78, 5) is 33.6. The molecule has 0 unspecified atom stereocenters. The van der Waals surface area contributed by atoms with Gasteiger partial charge < -0.3 is 5.32 Å². The van der Waals surface area contributed by atoms with E-state index in [9.17, 15) is 19.7 Å². The molecule has 0 bridgehead atoms. The number of non-ortho nitro benzene ring substituents is 1. The molecule has 1 saturated heterocycles. The van der Waals surface area contributed by atoms with Crippen molar-refractivity contribution in [2.24, 2.45) is 0 Å². The van der Waals surface area contributed by atoms with Crippen LogP contribution in [-0.2, 0) is 11.3 Å². The Morgan fingerprint density at radius 3 is 2.41 bits per heavy atom. The summed E-state index contributed by atoms with van der Waals surface area (Å²) in [6, 6.07) is 5.30. The van der Waals surface area contributed by atoms with E-state index in [1.165, 1.54) is 24.3 Å². The number of amides is 3. The molecule has 1 aromatic rings. The molecule has 0 spiro atoms. The van der Waals surface area contributed by atoms with Crippen LogP contribution in [0, 0.1) is 10.1 Å². The Morgan fingerprint density at radius 2 is 1.94 bits per heavy atom. The van der Waals surface area contributed by atoms with Gasteiger partial charge in [0.05, 0.1) is 18.0 Å². The van der Waals surface area contributed by atoms with E-state index in [1.807, 2.05) is 0 Å². The summed E-state index contributed by atoms with van der Waals surface area (Å²) in [5, 5.41) is 12.8. The first-order valence-electron chi connectivity index (χ1n) is 4.89. The third-order valence-electron chi connectivity index (χ3n) is 2.42. The van der Waals surface area contributed by atoms with Crippen molar-refractivity contribution in [1.82, 2.24) is 10.2 Å². The second-order valence-corrected chi connectivity index (χ2v) is 3.56. The van der Waals surface area contributed by atoms with Crippen molar-refractivity contribution >= 4 is 17.6 Å². The van der Waals surface area contributed by atoms with Crippen LogP contribution in [0.3, 0.4) is 0 Å². The van der Waals surface area contributed by atoms with E-state index in [-0.39, 0.29) is 24.7 Å². The predicted octanol–water partition coefficient (Wildman–Crippen LogP) is 0.647. The first-order valence-corrected chi connectivity index (χ1v) is 4.89. The number of hydrogen-bond acceptors (Lipinski definition) is 4. The van der Waals surface area contributed by atoms with Gasteiger partial charge in [-0.1, -0.05) is 12.1 Å². The first kappa shape index (κ1) is 11.1. The molecule has 0 aromatic heterocycles. The van der Waals surface area contributed by atoms with Gasteiger partial charge in [-0.3, -0.25) is 19.8 Å². The lowest BCUT2D eigenvalue weighted by molar-refractivity contribution is -0.384. The third-order valence-corrected chi connectivity index (χ3v) is 2.42. The van der Waals surface area contributed by atoms with E-state index in [4.69, 9.17) is 0 Å². The molecule has 7 nitrogen and oxygen atoms in total. The fraction of sp³-hybridized carbons (Fsp3) is 0.200. The summed E-state index contributed by atoms with van der Waals surface area (Å²) in [6.45, 7) is 0.133. The van der Waals surface area contributed by atoms with Gasteiger partial charge in [0.2, 0.25) is 5.91 Å². The molecule has 3 amide bonds. The molecule has 0 atom stereocenters. The SMILES string of the molecule is O=C1CNC(=O)N1Cc1ccc([N+](=O)[O-])cc1. The van der Waals surface area contributed by atoms with E-state index < -0.39 is 11.0 Å². The van der Waals surface area contributed by atoms with Gasteiger partial charge in [0.15, 0.2) is 0 Å². The predicted molar refractivity (Wildman–Crippen MR) is 57.0 cm³/mol. The zero-order valence-electron chi connectivity index (χ0n) is 8.75. The Morgan fingerprint density at radius 1 is 1.29 bits per heavy atom. The summed E-state index contributed by atoms with van der Waals surface area (Å²) in [5.74, 6) is -0.298. The molecule has 0 saturated carbocycles. The number of nitrogens with one attached hydrogen (secondary N) is 1. The van der Waals surface area contributed by atoms with Gasteiger partial charge in [-0.25, -0.2) is 4.79 Å². The lowest BCUT2D eigenvalue weighted by atomic mass is 10.2. The van der Waals surface area contributed by atoms with E-state index in [2.05, 4.69) is 5.32 Å². The van der Waals surface area contributed by atoms with E-state index in [1.54, 1.807) is 0 Å². The number of imide groups is 1.